The summed E-state index contributed by atoms with van der Waals surface area (Å²) in [5.41, 5.74) is 3.80. The normalized spacial score (nSPS) is 12.5. The van der Waals surface area contributed by atoms with Gasteiger partial charge in [0, 0.05) is 23.9 Å². The average Bonchev–Trinajstić information content (AvgIpc) is 2.67. The Morgan fingerprint density at radius 2 is 2.05 bits per heavy atom. The van der Waals surface area contributed by atoms with Gasteiger partial charge in [-0.25, -0.2) is 4.39 Å². The predicted octanol–water partition coefficient (Wildman–Crippen LogP) is 2.49. The van der Waals surface area contributed by atoms with Crippen LogP contribution in [0.4, 0.5) is 4.39 Å². The van der Waals surface area contributed by atoms with Crippen molar-refractivity contribution in [2.75, 3.05) is 14.2 Å². The number of hydrogen-bond acceptors (Lipinski definition) is 3. The molecule has 0 fully saturated rings. The Morgan fingerprint density at radius 1 is 1.35 bits per heavy atom. The zero-order valence-corrected chi connectivity index (χ0v) is 12.5. The van der Waals surface area contributed by atoms with E-state index in [1.54, 1.807) is 13.2 Å². The van der Waals surface area contributed by atoms with E-state index in [0.29, 0.717) is 5.75 Å². The van der Waals surface area contributed by atoms with Crippen molar-refractivity contribution in [3.05, 3.63) is 46.5 Å². The zero-order valence-electron chi connectivity index (χ0n) is 12.5. The van der Waals surface area contributed by atoms with E-state index in [1.165, 1.54) is 12.1 Å². The van der Waals surface area contributed by atoms with Crippen molar-refractivity contribution >= 4 is 0 Å². The van der Waals surface area contributed by atoms with E-state index < -0.39 is 0 Å². The molecule has 2 aromatic rings. The van der Waals surface area contributed by atoms with E-state index in [9.17, 15) is 4.39 Å². The quantitative estimate of drug-likeness (QED) is 0.933. The minimum absolute atomic E-state index is 0.158. The largest absolute Gasteiger partial charge is 0.496 e. The number of ether oxygens (including phenoxy) is 1. The lowest BCUT2D eigenvalue weighted by molar-refractivity contribution is 0.403. The summed E-state index contributed by atoms with van der Waals surface area (Å²) >= 11 is 0. The van der Waals surface area contributed by atoms with E-state index >= 15 is 0 Å². The van der Waals surface area contributed by atoms with Crippen LogP contribution in [-0.2, 0) is 7.05 Å². The number of benzene rings is 1. The summed E-state index contributed by atoms with van der Waals surface area (Å²) in [5, 5.41) is 7.66. The van der Waals surface area contributed by atoms with E-state index in [0.717, 1.165) is 22.5 Å². The van der Waals surface area contributed by atoms with Gasteiger partial charge in [-0.3, -0.25) is 4.68 Å². The summed E-state index contributed by atoms with van der Waals surface area (Å²) in [6.07, 6.45) is 0. The third kappa shape index (κ3) is 2.41. The molecule has 0 aliphatic rings. The summed E-state index contributed by atoms with van der Waals surface area (Å²) in [5.74, 6) is 0.383. The fourth-order valence-electron chi connectivity index (χ4n) is 2.59. The highest BCUT2D eigenvalue weighted by molar-refractivity contribution is 5.44. The van der Waals surface area contributed by atoms with Crippen molar-refractivity contribution in [2.24, 2.45) is 7.05 Å². The molecule has 0 radical (unpaired) electrons. The smallest absolute Gasteiger partial charge is 0.124 e. The van der Waals surface area contributed by atoms with Crippen LogP contribution in [0.5, 0.6) is 5.75 Å². The average molecular weight is 277 g/mol. The number of nitrogens with zero attached hydrogens (tertiary/aromatic N) is 2. The number of halogens is 1. The summed E-state index contributed by atoms with van der Waals surface area (Å²) < 4.78 is 20.8. The lowest BCUT2D eigenvalue weighted by Crippen LogP contribution is -2.20. The topological polar surface area (TPSA) is 39.1 Å². The number of aryl methyl sites for hydroxylation is 2. The third-order valence-corrected chi connectivity index (χ3v) is 3.65. The third-order valence-electron chi connectivity index (χ3n) is 3.65. The van der Waals surface area contributed by atoms with E-state index in [1.807, 2.05) is 32.6 Å². The number of rotatable bonds is 4. The molecule has 1 atom stereocenters. The van der Waals surface area contributed by atoms with Crippen molar-refractivity contribution < 1.29 is 9.13 Å². The fourth-order valence-corrected chi connectivity index (χ4v) is 2.59. The standard InChI is InChI=1S/C15H20FN3O/c1-9-14(10(2)19(4)18-9)15(17-3)12-8-11(16)6-7-13(12)20-5/h6-8,15,17H,1-5H3. The first-order chi connectivity index (χ1) is 9.49. The second-order valence-corrected chi connectivity index (χ2v) is 4.82. The molecule has 4 nitrogen and oxygen atoms in total. The first-order valence-corrected chi connectivity index (χ1v) is 6.50. The van der Waals surface area contributed by atoms with Gasteiger partial charge in [0.1, 0.15) is 11.6 Å². The zero-order chi connectivity index (χ0) is 14.9. The second kappa shape index (κ2) is 5.63. The van der Waals surface area contributed by atoms with Crippen LogP contribution in [0.25, 0.3) is 0 Å². The molecule has 1 N–H and O–H groups in total. The molecule has 2 rings (SSSR count). The molecule has 0 aliphatic heterocycles. The predicted molar refractivity (Wildman–Crippen MR) is 76.5 cm³/mol. The maximum atomic E-state index is 13.6. The molecule has 0 aliphatic carbocycles. The summed E-state index contributed by atoms with van der Waals surface area (Å²) in [6, 6.07) is 4.40. The first kappa shape index (κ1) is 14.5. The Balaban J connectivity index is 2.61. The minimum Gasteiger partial charge on any atom is -0.496 e. The van der Waals surface area contributed by atoms with Gasteiger partial charge in [0.05, 0.1) is 18.8 Å². The number of nitrogens with one attached hydrogen (secondary N) is 1. The molecular weight excluding hydrogens is 257 g/mol. The van der Waals surface area contributed by atoms with Gasteiger partial charge >= 0.3 is 0 Å². The Morgan fingerprint density at radius 3 is 2.55 bits per heavy atom. The highest BCUT2D eigenvalue weighted by atomic mass is 19.1. The molecule has 0 amide bonds. The van der Waals surface area contributed by atoms with Crippen LogP contribution in [0.3, 0.4) is 0 Å². The minimum atomic E-state index is -0.278. The Kier molecular flexibility index (Phi) is 4.09. The van der Waals surface area contributed by atoms with Gasteiger partial charge in [-0.15, -0.1) is 0 Å². The summed E-state index contributed by atoms with van der Waals surface area (Å²) in [6.45, 7) is 3.96. The van der Waals surface area contributed by atoms with Crippen LogP contribution in [0.2, 0.25) is 0 Å². The van der Waals surface area contributed by atoms with E-state index in [-0.39, 0.29) is 11.9 Å². The molecule has 0 spiro atoms. The Bertz CT molecular complexity index is 622. The van der Waals surface area contributed by atoms with Gasteiger partial charge in [0.2, 0.25) is 0 Å². The van der Waals surface area contributed by atoms with Crippen molar-refractivity contribution in [1.82, 2.24) is 15.1 Å². The van der Waals surface area contributed by atoms with Crippen molar-refractivity contribution in [1.29, 1.82) is 0 Å². The van der Waals surface area contributed by atoms with Crippen LogP contribution in [0.1, 0.15) is 28.6 Å². The van der Waals surface area contributed by atoms with Gasteiger partial charge < -0.3 is 10.1 Å². The maximum Gasteiger partial charge on any atom is 0.124 e. The first-order valence-electron chi connectivity index (χ1n) is 6.50. The molecule has 108 valence electrons. The van der Waals surface area contributed by atoms with Gasteiger partial charge in [0.15, 0.2) is 0 Å². The van der Waals surface area contributed by atoms with Crippen LogP contribution in [-0.4, -0.2) is 23.9 Å². The number of methoxy groups -OCH3 is 1. The lowest BCUT2D eigenvalue weighted by Gasteiger charge is -2.20. The molecule has 1 heterocycles. The van der Waals surface area contributed by atoms with Crippen LogP contribution < -0.4 is 10.1 Å². The Hall–Kier alpha value is -1.88. The molecule has 20 heavy (non-hydrogen) atoms. The molecule has 1 aromatic carbocycles. The maximum absolute atomic E-state index is 13.6. The van der Waals surface area contributed by atoms with Gasteiger partial charge in [-0.2, -0.15) is 5.10 Å². The van der Waals surface area contributed by atoms with Crippen LogP contribution in [0, 0.1) is 19.7 Å². The van der Waals surface area contributed by atoms with Crippen LogP contribution in [0.15, 0.2) is 18.2 Å². The molecular formula is C15H20FN3O. The van der Waals surface area contributed by atoms with Crippen molar-refractivity contribution in [3.63, 3.8) is 0 Å². The highest BCUT2D eigenvalue weighted by Crippen LogP contribution is 2.33. The molecule has 1 aromatic heterocycles. The van der Waals surface area contributed by atoms with Gasteiger partial charge in [-0.05, 0) is 39.1 Å². The fraction of sp³-hybridized carbons (Fsp3) is 0.400. The molecule has 5 heteroatoms. The van der Waals surface area contributed by atoms with Gasteiger partial charge in [0.25, 0.3) is 0 Å². The van der Waals surface area contributed by atoms with Crippen LogP contribution >= 0.6 is 0 Å². The monoisotopic (exact) mass is 277 g/mol. The molecule has 0 bridgehead atoms. The van der Waals surface area contributed by atoms with Gasteiger partial charge in [-0.1, -0.05) is 0 Å². The van der Waals surface area contributed by atoms with E-state index in [2.05, 4.69) is 10.4 Å². The highest BCUT2D eigenvalue weighted by Gasteiger charge is 2.23. The molecule has 0 saturated heterocycles. The summed E-state index contributed by atoms with van der Waals surface area (Å²) in [4.78, 5) is 0. The molecule has 1 unspecified atom stereocenters. The van der Waals surface area contributed by atoms with Crippen molar-refractivity contribution in [3.8, 4) is 5.75 Å². The Labute approximate surface area is 118 Å². The number of hydrogen-bond donors (Lipinski definition) is 1. The number of aromatic nitrogens is 2. The second-order valence-electron chi connectivity index (χ2n) is 4.82. The van der Waals surface area contributed by atoms with Crippen molar-refractivity contribution in [2.45, 2.75) is 19.9 Å². The SMILES string of the molecule is CNC(c1cc(F)ccc1OC)c1c(C)nn(C)c1C. The summed E-state index contributed by atoms with van der Waals surface area (Å²) in [7, 11) is 5.34. The van der Waals surface area contributed by atoms with E-state index in [4.69, 9.17) is 4.74 Å². The lowest BCUT2D eigenvalue weighted by atomic mass is 9.96. The molecule has 0 saturated carbocycles.